The summed E-state index contributed by atoms with van der Waals surface area (Å²) in [4.78, 5) is 11.5. The van der Waals surface area contributed by atoms with Gasteiger partial charge in [-0.3, -0.25) is 9.48 Å². The minimum absolute atomic E-state index is 0.202. The van der Waals surface area contributed by atoms with Crippen molar-refractivity contribution in [2.24, 2.45) is 0 Å². The van der Waals surface area contributed by atoms with Crippen LogP contribution in [0.4, 0.5) is 0 Å². The number of hydrogen-bond acceptors (Lipinski definition) is 4. The van der Waals surface area contributed by atoms with Gasteiger partial charge in [0.1, 0.15) is 5.69 Å². The molecule has 1 heterocycles. The summed E-state index contributed by atoms with van der Waals surface area (Å²) in [5.41, 5.74) is 1.80. The molecule has 1 unspecified atom stereocenters. The minimum Gasteiger partial charge on any atom is -0.298 e. The number of sulfone groups is 1. The fourth-order valence-electron chi connectivity index (χ4n) is 1.99. The van der Waals surface area contributed by atoms with Gasteiger partial charge in [-0.25, -0.2) is 8.42 Å². The molecule has 0 radical (unpaired) electrons. The molecule has 0 aliphatic rings. The van der Waals surface area contributed by atoms with Gasteiger partial charge in [0, 0.05) is 24.1 Å². The van der Waals surface area contributed by atoms with Crippen molar-refractivity contribution in [2.45, 2.75) is 31.2 Å². The van der Waals surface area contributed by atoms with Gasteiger partial charge in [0.2, 0.25) is 0 Å². The third-order valence-corrected chi connectivity index (χ3v) is 4.61. The molecule has 0 fully saturated rings. The summed E-state index contributed by atoms with van der Waals surface area (Å²) in [6.45, 7) is 4.08. The molecule has 5 nitrogen and oxygen atoms in total. The van der Waals surface area contributed by atoms with E-state index in [-0.39, 0.29) is 10.9 Å². The molecule has 2 rings (SSSR count). The summed E-state index contributed by atoms with van der Waals surface area (Å²) in [6, 6.07) is 6.61. The molecule has 0 spiro atoms. The Bertz CT molecular complexity index is 746. The first-order chi connectivity index (χ1) is 9.86. The predicted octanol–water partition coefficient (Wildman–Crippen LogP) is 2.74. The van der Waals surface area contributed by atoms with E-state index >= 15 is 0 Å². The van der Waals surface area contributed by atoms with Crippen molar-refractivity contribution in [1.29, 1.82) is 0 Å². The molecule has 21 heavy (non-hydrogen) atoms. The summed E-state index contributed by atoms with van der Waals surface area (Å²) in [5.74, 6) is 0. The molecule has 112 valence electrons. The third kappa shape index (κ3) is 3.21. The fourth-order valence-corrected chi connectivity index (χ4v) is 2.62. The molecular formula is C15H18N2O3S. The molecule has 0 saturated heterocycles. The number of benzene rings is 1. The van der Waals surface area contributed by atoms with E-state index in [0.29, 0.717) is 11.3 Å². The zero-order valence-electron chi connectivity index (χ0n) is 12.3. The number of aldehydes is 1. The monoisotopic (exact) mass is 306 g/mol. The Hall–Kier alpha value is -1.95. The number of carbonyl (C=O) groups excluding carboxylic acids is 1. The lowest BCUT2D eigenvalue weighted by Crippen LogP contribution is -2.04. The molecule has 1 aromatic heterocycles. The van der Waals surface area contributed by atoms with Gasteiger partial charge in [0.05, 0.1) is 10.5 Å². The highest BCUT2D eigenvalue weighted by Crippen LogP contribution is 2.24. The van der Waals surface area contributed by atoms with Crippen LogP contribution in [0.5, 0.6) is 0 Å². The van der Waals surface area contributed by atoms with E-state index in [9.17, 15) is 13.2 Å². The molecule has 0 amide bonds. The van der Waals surface area contributed by atoms with Gasteiger partial charge in [0.25, 0.3) is 0 Å². The van der Waals surface area contributed by atoms with Crippen molar-refractivity contribution in [3.05, 3.63) is 36.0 Å². The Labute approximate surface area is 124 Å². The Morgan fingerprint density at radius 2 is 1.90 bits per heavy atom. The highest BCUT2D eigenvalue weighted by atomic mass is 32.2. The van der Waals surface area contributed by atoms with E-state index in [1.54, 1.807) is 23.0 Å². The first-order valence-corrected chi connectivity index (χ1v) is 8.60. The second-order valence-electron chi connectivity index (χ2n) is 5.08. The summed E-state index contributed by atoms with van der Waals surface area (Å²) < 4.78 is 24.7. The maximum Gasteiger partial charge on any atom is 0.175 e. The van der Waals surface area contributed by atoms with Crippen LogP contribution >= 0.6 is 0 Å². The molecule has 0 saturated carbocycles. The maximum atomic E-state index is 11.5. The molecule has 0 aliphatic carbocycles. The van der Waals surface area contributed by atoms with Crippen molar-refractivity contribution < 1.29 is 13.2 Å². The Morgan fingerprint density at radius 1 is 1.29 bits per heavy atom. The topological polar surface area (TPSA) is 69.0 Å². The van der Waals surface area contributed by atoms with Crippen molar-refractivity contribution in [3.8, 4) is 11.3 Å². The fraction of sp³-hybridized carbons (Fsp3) is 0.333. The van der Waals surface area contributed by atoms with Gasteiger partial charge in [-0.1, -0.05) is 19.1 Å². The lowest BCUT2D eigenvalue weighted by atomic mass is 10.1. The van der Waals surface area contributed by atoms with Crippen LogP contribution in [0, 0.1) is 0 Å². The Morgan fingerprint density at radius 3 is 2.38 bits per heavy atom. The molecule has 0 bridgehead atoms. The van der Waals surface area contributed by atoms with Gasteiger partial charge < -0.3 is 0 Å². The standard InChI is InChI=1S/C15H18N2O3S/c1-4-11(2)17-9-13(10-18)15(16-17)12-5-7-14(8-6-12)21(3,19)20/h5-11H,4H2,1-3H3. The van der Waals surface area contributed by atoms with Crippen LogP contribution in [0.25, 0.3) is 11.3 Å². The van der Waals surface area contributed by atoms with Crippen molar-refractivity contribution in [1.82, 2.24) is 9.78 Å². The van der Waals surface area contributed by atoms with Crippen LogP contribution in [0.15, 0.2) is 35.4 Å². The van der Waals surface area contributed by atoms with Gasteiger partial charge in [-0.05, 0) is 25.5 Å². The van der Waals surface area contributed by atoms with E-state index in [2.05, 4.69) is 5.10 Å². The number of hydrogen-bond donors (Lipinski definition) is 0. The second-order valence-corrected chi connectivity index (χ2v) is 7.10. The van der Waals surface area contributed by atoms with Gasteiger partial charge in [-0.2, -0.15) is 5.10 Å². The van der Waals surface area contributed by atoms with E-state index < -0.39 is 9.84 Å². The summed E-state index contributed by atoms with van der Waals surface area (Å²) in [7, 11) is -3.22. The van der Waals surface area contributed by atoms with E-state index in [1.807, 2.05) is 13.8 Å². The average molecular weight is 306 g/mol. The van der Waals surface area contributed by atoms with Gasteiger partial charge >= 0.3 is 0 Å². The van der Waals surface area contributed by atoms with Crippen LogP contribution in [0.2, 0.25) is 0 Å². The zero-order valence-corrected chi connectivity index (χ0v) is 13.1. The molecule has 6 heteroatoms. The second kappa shape index (κ2) is 5.81. The van der Waals surface area contributed by atoms with Crippen molar-refractivity contribution in [3.63, 3.8) is 0 Å². The lowest BCUT2D eigenvalue weighted by molar-refractivity contribution is 0.112. The normalized spacial score (nSPS) is 13.1. The number of aromatic nitrogens is 2. The number of carbonyl (C=O) groups is 1. The van der Waals surface area contributed by atoms with E-state index in [1.165, 1.54) is 12.1 Å². The Balaban J connectivity index is 2.46. The number of rotatable bonds is 5. The van der Waals surface area contributed by atoms with Gasteiger partial charge in [-0.15, -0.1) is 0 Å². The predicted molar refractivity (Wildman–Crippen MR) is 81.2 cm³/mol. The minimum atomic E-state index is -3.22. The first-order valence-electron chi connectivity index (χ1n) is 6.71. The van der Waals surface area contributed by atoms with Crippen LogP contribution in [-0.2, 0) is 9.84 Å². The molecule has 1 aromatic carbocycles. The van der Waals surface area contributed by atoms with Crippen molar-refractivity contribution in [2.75, 3.05) is 6.26 Å². The molecule has 2 aromatic rings. The summed E-state index contributed by atoms with van der Waals surface area (Å²) >= 11 is 0. The molecule has 0 N–H and O–H groups in total. The Kier molecular flexibility index (Phi) is 4.27. The summed E-state index contributed by atoms with van der Waals surface area (Å²) in [5, 5.41) is 4.45. The average Bonchev–Trinajstić information content (AvgIpc) is 2.90. The molecule has 1 atom stereocenters. The van der Waals surface area contributed by atoms with Crippen LogP contribution < -0.4 is 0 Å². The largest absolute Gasteiger partial charge is 0.298 e. The first kappa shape index (κ1) is 15.4. The third-order valence-electron chi connectivity index (χ3n) is 3.49. The van der Waals surface area contributed by atoms with E-state index in [0.717, 1.165) is 24.5 Å². The quantitative estimate of drug-likeness (QED) is 0.796. The van der Waals surface area contributed by atoms with Crippen molar-refractivity contribution >= 4 is 16.1 Å². The van der Waals surface area contributed by atoms with E-state index in [4.69, 9.17) is 0 Å². The SMILES string of the molecule is CCC(C)n1cc(C=O)c(-c2ccc(S(C)(=O)=O)cc2)n1. The molecular weight excluding hydrogens is 288 g/mol. The lowest BCUT2D eigenvalue weighted by Gasteiger charge is -2.08. The molecule has 0 aliphatic heterocycles. The highest BCUT2D eigenvalue weighted by molar-refractivity contribution is 7.90. The number of nitrogens with zero attached hydrogens (tertiary/aromatic N) is 2. The van der Waals surface area contributed by atoms with Crippen LogP contribution in [0.1, 0.15) is 36.7 Å². The van der Waals surface area contributed by atoms with Crippen LogP contribution in [-0.4, -0.2) is 30.7 Å². The van der Waals surface area contributed by atoms with Gasteiger partial charge in [0.15, 0.2) is 16.1 Å². The maximum absolute atomic E-state index is 11.5. The van der Waals surface area contributed by atoms with Crippen LogP contribution in [0.3, 0.4) is 0 Å². The summed E-state index contributed by atoms with van der Waals surface area (Å²) in [6.07, 6.45) is 4.57. The highest BCUT2D eigenvalue weighted by Gasteiger charge is 2.14. The zero-order chi connectivity index (χ0) is 15.6. The smallest absolute Gasteiger partial charge is 0.175 e.